The molecule has 208 valence electrons. The highest BCUT2D eigenvalue weighted by Gasteiger charge is 2.37. The Kier molecular flexibility index (Phi) is 7.87. The zero-order valence-corrected chi connectivity index (χ0v) is 22.9. The number of benzene rings is 3. The summed E-state index contributed by atoms with van der Waals surface area (Å²) in [7, 11) is -8.58. The molecule has 0 amide bonds. The van der Waals surface area contributed by atoms with Crippen LogP contribution in [-0.4, -0.2) is 35.7 Å². The third-order valence-corrected chi connectivity index (χ3v) is 8.71. The van der Waals surface area contributed by atoms with Crippen LogP contribution in [0.4, 0.5) is 23.2 Å². The Bertz CT molecular complexity index is 1650. The first-order valence-corrected chi connectivity index (χ1v) is 15.0. The van der Waals surface area contributed by atoms with Gasteiger partial charge in [-0.3, -0.25) is 8.49 Å². The second kappa shape index (κ2) is 10.6. The molecule has 0 unspecified atom stereocenters. The molecule has 0 saturated carbocycles. The zero-order chi connectivity index (χ0) is 28.8. The topological polar surface area (TPSA) is 80.8 Å². The Morgan fingerprint density at radius 3 is 2.38 bits per heavy atom. The molecular weight excluding hydrogens is 582 g/mol. The van der Waals surface area contributed by atoms with E-state index >= 15 is 0 Å². The smallest absolute Gasteiger partial charge is 0.265 e. The largest absolute Gasteiger partial charge is 0.416 e. The summed E-state index contributed by atoms with van der Waals surface area (Å²) in [4.78, 5) is -0.626. The normalized spacial score (nSPS) is 16.7. The quantitative estimate of drug-likeness (QED) is 0.192. The molecule has 3 aromatic carbocycles. The molecule has 3 aromatic rings. The van der Waals surface area contributed by atoms with Gasteiger partial charge >= 0.3 is 6.18 Å². The Balaban J connectivity index is 1.83. The van der Waals surface area contributed by atoms with Crippen molar-refractivity contribution in [2.45, 2.75) is 30.5 Å². The SMILES string of the molecule is C/C(=C\c1ccc2c(c1)N(S(=O)(=O)c1cccc(C(F)(F)F)c1)C[C@@H](OS(C)(=O)=O)C2)c1c(F)cccc1Cl. The van der Waals surface area contributed by atoms with Crippen LogP contribution in [0.15, 0.2) is 65.6 Å². The van der Waals surface area contributed by atoms with Crippen LogP contribution >= 0.6 is 11.6 Å². The van der Waals surface area contributed by atoms with E-state index in [1.54, 1.807) is 25.1 Å². The molecule has 0 bridgehead atoms. The molecule has 0 fully saturated rings. The van der Waals surface area contributed by atoms with E-state index in [2.05, 4.69) is 0 Å². The van der Waals surface area contributed by atoms with Crippen LogP contribution in [0.2, 0.25) is 5.02 Å². The zero-order valence-electron chi connectivity index (χ0n) is 20.5. The van der Waals surface area contributed by atoms with Gasteiger partial charge in [-0.15, -0.1) is 0 Å². The average molecular weight is 604 g/mol. The molecule has 0 aliphatic carbocycles. The number of hydrogen-bond donors (Lipinski definition) is 0. The summed E-state index contributed by atoms with van der Waals surface area (Å²) in [5.41, 5.74) is 0.425. The fourth-order valence-corrected chi connectivity index (χ4v) is 6.87. The molecule has 6 nitrogen and oxygen atoms in total. The van der Waals surface area contributed by atoms with Crippen LogP contribution in [0.25, 0.3) is 11.6 Å². The third-order valence-electron chi connectivity index (χ3n) is 6.00. The summed E-state index contributed by atoms with van der Waals surface area (Å²) in [6.45, 7) is 1.15. The van der Waals surface area contributed by atoms with Gasteiger partial charge in [0.2, 0.25) is 0 Å². The Labute approximate surface area is 228 Å². The number of fused-ring (bicyclic) bond motifs is 1. The molecule has 0 N–H and O–H groups in total. The monoisotopic (exact) mass is 603 g/mol. The lowest BCUT2D eigenvalue weighted by Crippen LogP contribution is -2.44. The van der Waals surface area contributed by atoms with Crippen molar-refractivity contribution in [2.75, 3.05) is 17.1 Å². The van der Waals surface area contributed by atoms with Gasteiger partial charge < -0.3 is 0 Å². The minimum atomic E-state index is -4.78. The Hall–Kier alpha value is -2.93. The fourth-order valence-electron chi connectivity index (χ4n) is 4.36. The second-order valence-electron chi connectivity index (χ2n) is 9.00. The maximum absolute atomic E-state index is 14.4. The van der Waals surface area contributed by atoms with Gasteiger partial charge in [-0.2, -0.15) is 21.6 Å². The highest BCUT2D eigenvalue weighted by molar-refractivity contribution is 7.92. The summed E-state index contributed by atoms with van der Waals surface area (Å²) < 4.78 is 111. The van der Waals surface area contributed by atoms with Crippen molar-refractivity contribution in [1.82, 2.24) is 0 Å². The summed E-state index contributed by atoms with van der Waals surface area (Å²) in [6.07, 6.45) is -3.47. The number of hydrogen-bond acceptors (Lipinski definition) is 5. The van der Waals surface area contributed by atoms with Gasteiger partial charge in [0.15, 0.2) is 0 Å². The van der Waals surface area contributed by atoms with Crippen molar-refractivity contribution in [2.24, 2.45) is 0 Å². The molecular formula is C26H22ClF4NO5S2. The van der Waals surface area contributed by atoms with Crippen molar-refractivity contribution >= 4 is 49.1 Å². The van der Waals surface area contributed by atoms with Gasteiger partial charge in [-0.05, 0) is 60.0 Å². The standard InChI is InChI=1S/C26H22ClF4NO5S2/c1-16(25-22(27)7-4-8-23(25)28)11-17-9-10-18-13-20(37-38(2,33)34)15-32(24(18)12-17)39(35,36)21-6-3-5-19(14-21)26(29,30)31/h3-12,14,20H,13,15H2,1-2H3/b16-11+/t20-/m0/s1. The van der Waals surface area contributed by atoms with Crippen LogP contribution < -0.4 is 4.31 Å². The van der Waals surface area contributed by atoms with Gasteiger partial charge in [0.25, 0.3) is 20.1 Å². The van der Waals surface area contributed by atoms with E-state index in [0.29, 0.717) is 22.8 Å². The fraction of sp³-hybridized carbons (Fsp3) is 0.231. The van der Waals surface area contributed by atoms with Crippen LogP contribution in [0.5, 0.6) is 0 Å². The van der Waals surface area contributed by atoms with Gasteiger partial charge in [0, 0.05) is 12.0 Å². The Morgan fingerprint density at radius 2 is 1.74 bits per heavy atom. The molecule has 0 saturated heterocycles. The van der Waals surface area contributed by atoms with E-state index in [1.807, 2.05) is 0 Å². The van der Waals surface area contributed by atoms with Crippen LogP contribution in [0.1, 0.15) is 29.2 Å². The molecule has 1 atom stereocenters. The number of allylic oxidation sites excluding steroid dienone is 1. The third kappa shape index (κ3) is 6.46. The van der Waals surface area contributed by atoms with E-state index < -0.39 is 55.2 Å². The van der Waals surface area contributed by atoms with Crippen molar-refractivity contribution in [1.29, 1.82) is 0 Å². The summed E-state index contributed by atoms with van der Waals surface area (Å²) >= 11 is 6.16. The maximum Gasteiger partial charge on any atom is 0.416 e. The molecule has 0 radical (unpaired) electrons. The van der Waals surface area contributed by atoms with E-state index in [9.17, 15) is 34.4 Å². The average Bonchev–Trinajstić information content (AvgIpc) is 2.82. The predicted molar refractivity (Wildman–Crippen MR) is 141 cm³/mol. The first-order valence-electron chi connectivity index (χ1n) is 11.4. The van der Waals surface area contributed by atoms with Crippen LogP contribution in [-0.2, 0) is 36.9 Å². The van der Waals surface area contributed by atoms with E-state index in [1.165, 1.54) is 24.3 Å². The van der Waals surface area contributed by atoms with Gasteiger partial charge in [-0.1, -0.05) is 41.9 Å². The number of halogens is 5. The highest BCUT2D eigenvalue weighted by atomic mass is 35.5. The number of nitrogens with zero attached hydrogens (tertiary/aromatic N) is 1. The van der Waals surface area contributed by atoms with Crippen molar-refractivity contribution < 1.29 is 38.6 Å². The lowest BCUT2D eigenvalue weighted by Gasteiger charge is -2.35. The van der Waals surface area contributed by atoms with Crippen molar-refractivity contribution in [3.05, 3.63) is 93.8 Å². The van der Waals surface area contributed by atoms with Crippen LogP contribution in [0.3, 0.4) is 0 Å². The molecule has 4 rings (SSSR count). The summed E-state index contributed by atoms with van der Waals surface area (Å²) in [6, 6.07) is 12.2. The minimum Gasteiger partial charge on any atom is -0.265 e. The number of sulfonamides is 1. The van der Waals surface area contributed by atoms with Crippen molar-refractivity contribution in [3.63, 3.8) is 0 Å². The van der Waals surface area contributed by atoms with Crippen LogP contribution in [0, 0.1) is 5.82 Å². The molecule has 1 aliphatic rings. The van der Waals surface area contributed by atoms with Gasteiger partial charge in [0.1, 0.15) is 5.82 Å². The maximum atomic E-state index is 14.4. The second-order valence-corrected chi connectivity index (χ2v) is 12.9. The number of anilines is 1. The molecule has 1 aliphatic heterocycles. The first kappa shape index (κ1) is 29.1. The summed E-state index contributed by atoms with van der Waals surface area (Å²) in [5, 5.41) is 0.177. The highest BCUT2D eigenvalue weighted by Crippen LogP contribution is 2.37. The van der Waals surface area contributed by atoms with Crippen molar-refractivity contribution in [3.8, 4) is 0 Å². The predicted octanol–water partition coefficient (Wildman–Crippen LogP) is 6.15. The molecule has 13 heteroatoms. The van der Waals surface area contributed by atoms with Gasteiger partial charge in [0.05, 0.1) is 40.1 Å². The van der Waals surface area contributed by atoms with E-state index in [-0.39, 0.29) is 22.7 Å². The molecule has 39 heavy (non-hydrogen) atoms. The molecule has 1 heterocycles. The first-order chi connectivity index (χ1) is 18.1. The number of alkyl halides is 3. The molecule has 0 aromatic heterocycles. The number of rotatable bonds is 6. The minimum absolute atomic E-state index is 0.0269. The summed E-state index contributed by atoms with van der Waals surface area (Å²) in [5.74, 6) is -0.552. The molecule has 0 spiro atoms. The lowest BCUT2D eigenvalue weighted by molar-refractivity contribution is -0.137. The Morgan fingerprint density at radius 1 is 1.05 bits per heavy atom. The van der Waals surface area contributed by atoms with E-state index in [0.717, 1.165) is 28.8 Å². The van der Waals surface area contributed by atoms with Gasteiger partial charge in [-0.25, -0.2) is 12.8 Å². The van der Waals surface area contributed by atoms with E-state index in [4.69, 9.17) is 15.8 Å². The lowest BCUT2D eigenvalue weighted by atomic mass is 9.97.